The summed E-state index contributed by atoms with van der Waals surface area (Å²) < 4.78 is 0. The number of nitrogens with zero attached hydrogens (tertiary/aromatic N) is 2. The highest BCUT2D eigenvalue weighted by Gasteiger charge is 2.16. The molecule has 1 fully saturated rings. The molecule has 0 atom stereocenters. The molecule has 0 aliphatic carbocycles. The van der Waals surface area contributed by atoms with E-state index in [1.165, 1.54) is 31.6 Å². The van der Waals surface area contributed by atoms with E-state index in [1.54, 1.807) is 6.33 Å². The van der Waals surface area contributed by atoms with Gasteiger partial charge in [-0.05, 0) is 52.4 Å². The molecular formula is C12H22N4. The molecule has 0 amide bonds. The molecule has 1 aliphatic rings. The Bertz CT molecular complexity index is 313. The normalized spacial score (nSPS) is 19.1. The number of nitrogens with one attached hydrogen (secondary N) is 2. The summed E-state index contributed by atoms with van der Waals surface area (Å²) in [4.78, 5) is 9.80. The standard InChI is InChI=1S/C12H22N4/c1-10-12(15-9-14-10)8-13-7-11-3-5-16(2)6-4-11/h9,11,13H,3-8H2,1-2H3,(H,14,15). The number of hydrogen-bond donors (Lipinski definition) is 2. The van der Waals surface area contributed by atoms with E-state index in [0.717, 1.165) is 24.7 Å². The van der Waals surface area contributed by atoms with Crippen molar-refractivity contribution in [2.75, 3.05) is 26.7 Å². The Balaban J connectivity index is 1.67. The highest BCUT2D eigenvalue weighted by atomic mass is 15.1. The summed E-state index contributed by atoms with van der Waals surface area (Å²) in [6, 6.07) is 0. The van der Waals surface area contributed by atoms with Gasteiger partial charge in [0, 0.05) is 12.2 Å². The van der Waals surface area contributed by atoms with Crippen LogP contribution >= 0.6 is 0 Å². The van der Waals surface area contributed by atoms with Crippen LogP contribution in [0.2, 0.25) is 0 Å². The Morgan fingerprint density at radius 2 is 2.25 bits per heavy atom. The van der Waals surface area contributed by atoms with E-state index < -0.39 is 0 Å². The van der Waals surface area contributed by atoms with Gasteiger partial charge in [0.05, 0.1) is 12.0 Å². The predicted molar refractivity (Wildman–Crippen MR) is 65.3 cm³/mol. The van der Waals surface area contributed by atoms with Crippen molar-refractivity contribution in [3.05, 3.63) is 17.7 Å². The highest BCUT2D eigenvalue weighted by molar-refractivity contribution is 5.07. The SMILES string of the molecule is Cc1[nH]cnc1CNCC1CCN(C)CC1. The summed E-state index contributed by atoms with van der Waals surface area (Å²) in [5.41, 5.74) is 2.32. The van der Waals surface area contributed by atoms with E-state index in [2.05, 4.69) is 34.2 Å². The number of H-pyrrole nitrogens is 1. The summed E-state index contributed by atoms with van der Waals surface area (Å²) >= 11 is 0. The van der Waals surface area contributed by atoms with Crippen molar-refractivity contribution in [2.45, 2.75) is 26.3 Å². The van der Waals surface area contributed by atoms with Gasteiger partial charge in [-0.25, -0.2) is 4.98 Å². The molecule has 4 nitrogen and oxygen atoms in total. The van der Waals surface area contributed by atoms with E-state index in [9.17, 15) is 0 Å². The number of aromatic amines is 1. The average molecular weight is 222 g/mol. The van der Waals surface area contributed by atoms with Gasteiger partial charge >= 0.3 is 0 Å². The van der Waals surface area contributed by atoms with Gasteiger partial charge in [-0.2, -0.15) is 0 Å². The number of aryl methyl sites for hydroxylation is 1. The Morgan fingerprint density at radius 1 is 1.50 bits per heavy atom. The van der Waals surface area contributed by atoms with E-state index >= 15 is 0 Å². The van der Waals surface area contributed by atoms with Crippen LogP contribution in [0.3, 0.4) is 0 Å². The molecule has 1 aromatic rings. The van der Waals surface area contributed by atoms with Crippen LogP contribution in [0.25, 0.3) is 0 Å². The van der Waals surface area contributed by atoms with Gasteiger partial charge in [-0.3, -0.25) is 0 Å². The maximum atomic E-state index is 4.28. The van der Waals surface area contributed by atoms with Crippen molar-refractivity contribution in [1.29, 1.82) is 0 Å². The summed E-state index contributed by atoms with van der Waals surface area (Å²) in [5.74, 6) is 0.843. The van der Waals surface area contributed by atoms with Crippen LogP contribution in [0.4, 0.5) is 0 Å². The summed E-state index contributed by atoms with van der Waals surface area (Å²) in [6.45, 7) is 6.57. The Hall–Kier alpha value is -0.870. The number of hydrogen-bond acceptors (Lipinski definition) is 3. The molecule has 2 heterocycles. The van der Waals surface area contributed by atoms with Crippen molar-refractivity contribution in [2.24, 2.45) is 5.92 Å². The number of likely N-dealkylation sites (tertiary alicyclic amines) is 1. The van der Waals surface area contributed by atoms with Crippen LogP contribution in [-0.4, -0.2) is 41.5 Å². The Morgan fingerprint density at radius 3 is 2.88 bits per heavy atom. The first-order chi connectivity index (χ1) is 7.75. The van der Waals surface area contributed by atoms with Crippen molar-refractivity contribution >= 4 is 0 Å². The lowest BCUT2D eigenvalue weighted by molar-refractivity contribution is 0.216. The fraction of sp³-hybridized carbons (Fsp3) is 0.750. The molecule has 0 spiro atoms. The number of rotatable bonds is 4. The maximum absolute atomic E-state index is 4.28. The molecule has 0 radical (unpaired) electrons. The minimum atomic E-state index is 0.843. The van der Waals surface area contributed by atoms with Gasteiger partial charge in [-0.1, -0.05) is 0 Å². The Kier molecular flexibility index (Phi) is 3.96. The van der Waals surface area contributed by atoms with Crippen LogP contribution in [0, 0.1) is 12.8 Å². The molecule has 1 aliphatic heterocycles. The van der Waals surface area contributed by atoms with E-state index in [4.69, 9.17) is 0 Å². The summed E-state index contributed by atoms with van der Waals surface area (Å²) in [5, 5.41) is 3.51. The zero-order valence-electron chi connectivity index (χ0n) is 10.3. The molecule has 90 valence electrons. The Labute approximate surface area is 97.4 Å². The first kappa shape index (κ1) is 11.6. The van der Waals surface area contributed by atoms with Crippen molar-refractivity contribution < 1.29 is 0 Å². The van der Waals surface area contributed by atoms with Gasteiger partial charge in [0.1, 0.15) is 0 Å². The second-order valence-electron chi connectivity index (χ2n) is 4.85. The van der Waals surface area contributed by atoms with Gasteiger partial charge in [-0.15, -0.1) is 0 Å². The van der Waals surface area contributed by atoms with Crippen LogP contribution < -0.4 is 5.32 Å². The molecule has 2 rings (SSSR count). The first-order valence-corrected chi connectivity index (χ1v) is 6.14. The van der Waals surface area contributed by atoms with Gasteiger partial charge < -0.3 is 15.2 Å². The maximum Gasteiger partial charge on any atom is 0.0925 e. The molecule has 0 saturated carbocycles. The lowest BCUT2D eigenvalue weighted by Crippen LogP contribution is -2.34. The molecule has 2 N–H and O–H groups in total. The largest absolute Gasteiger partial charge is 0.348 e. The number of piperidine rings is 1. The van der Waals surface area contributed by atoms with Crippen molar-refractivity contribution in [3.63, 3.8) is 0 Å². The fourth-order valence-corrected chi connectivity index (χ4v) is 2.23. The fourth-order valence-electron chi connectivity index (χ4n) is 2.23. The third-order valence-electron chi connectivity index (χ3n) is 3.50. The smallest absolute Gasteiger partial charge is 0.0925 e. The van der Waals surface area contributed by atoms with Crippen LogP contribution in [0.5, 0.6) is 0 Å². The molecule has 0 unspecified atom stereocenters. The van der Waals surface area contributed by atoms with Gasteiger partial charge in [0.15, 0.2) is 0 Å². The third-order valence-corrected chi connectivity index (χ3v) is 3.50. The highest BCUT2D eigenvalue weighted by Crippen LogP contribution is 2.14. The topological polar surface area (TPSA) is 44.0 Å². The van der Waals surface area contributed by atoms with Crippen LogP contribution in [0.15, 0.2) is 6.33 Å². The third kappa shape index (κ3) is 3.06. The van der Waals surface area contributed by atoms with Crippen LogP contribution in [0.1, 0.15) is 24.2 Å². The monoisotopic (exact) mass is 222 g/mol. The molecule has 0 aromatic carbocycles. The summed E-state index contributed by atoms with van der Waals surface area (Å²) in [6.07, 6.45) is 4.41. The predicted octanol–water partition coefficient (Wildman–Crippen LogP) is 1.15. The lowest BCUT2D eigenvalue weighted by Gasteiger charge is -2.28. The first-order valence-electron chi connectivity index (χ1n) is 6.14. The van der Waals surface area contributed by atoms with E-state index in [1.807, 2.05) is 0 Å². The van der Waals surface area contributed by atoms with E-state index in [0.29, 0.717) is 0 Å². The number of imidazole rings is 1. The quantitative estimate of drug-likeness (QED) is 0.803. The summed E-state index contributed by atoms with van der Waals surface area (Å²) in [7, 11) is 2.21. The molecule has 1 aromatic heterocycles. The zero-order chi connectivity index (χ0) is 11.4. The average Bonchev–Trinajstić information content (AvgIpc) is 2.68. The van der Waals surface area contributed by atoms with Crippen LogP contribution in [-0.2, 0) is 6.54 Å². The molecule has 4 heteroatoms. The second kappa shape index (κ2) is 5.46. The molecule has 16 heavy (non-hydrogen) atoms. The number of aromatic nitrogens is 2. The molecule has 0 bridgehead atoms. The van der Waals surface area contributed by atoms with Crippen molar-refractivity contribution in [1.82, 2.24) is 20.2 Å². The van der Waals surface area contributed by atoms with Gasteiger partial charge in [0.2, 0.25) is 0 Å². The van der Waals surface area contributed by atoms with Crippen molar-refractivity contribution in [3.8, 4) is 0 Å². The van der Waals surface area contributed by atoms with Gasteiger partial charge in [0.25, 0.3) is 0 Å². The molecular weight excluding hydrogens is 200 g/mol. The van der Waals surface area contributed by atoms with E-state index in [-0.39, 0.29) is 0 Å². The zero-order valence-corrected chi connectivity index (χ0v) is 10.3. The molecule has 1 saturated heterocycles. The lowest BCUT2D eigenvalue weighted by atomic mass is 9.97. The minimum absolute atomic E-state index is 0.843. The minimum Gasteiger partial charge on any atom is -0.348 e. The second-order valence-corrected chi connectivity index (χ2v) is 4.85.